The SMILES string of the molecule is c1ccc(-c2cccc3cccc(-c4ccc(N(c5ccc(-c6cccc(-n7c8ccccc8c8ccccc87)c6)cc5)c5ccc(-c6ccccc6)c6c5oc5ccccc56)cc4)c23)cc1. The number of anilines is 3. The summed E-state index contributed by atoms with van der Waals surface area (Å²) in [5.74, 6) is 0. The summed E-state index contributed by atoms with van der Waals surface area (Å²) in [5, 5.41) is 7.17. The second-order valence-electron chi connectivity index (χ2n) is 17.2. The zero-order chi connectivity index (χ0) is 44.3. The first-order valence-corrected chi connectivity index (χ1v) is 22.9. The topological polar surface area (TPSA) is 21.3 Å². The summed E-state index contributed by atoms with van der Waals surface area (Å²) < 4.78 is 9.31. The van der Waals surface area contributed by atoms with Crippen molar-refractivity contribution in [2.45, 2.75) is 0 Å². The first-order valence-electron chi connectivity index (χ1n) is 22.9. The average molecular weight is 855 g/mol. The van der Waals surface area contributed by atoms with Gasteiger partial charge in [0, 0.05) is 38.6 Å². The lowest BCUT2D eigenvalue weighted by Crippen LogP contribution is -2.10. The lowest BCUT2D eigenvalue weighted by molar-refractivity contribution is 0.669. The molecule has 0 spiro atoms. The minimum absolute atomic E-state index is 0.844. The van der Waals surface area contributed by atoms with Crippen molar-refractivity contribution in [3.05, 3.63) is 255 Å². The van der Waals surface area contributed by atoms with Gasteiger partial charge in [0.25, 0.3) is 0 Å². The summed E-state index contributed by atoms with van der Waals surface area (Å²) in [5.41, 5.74) is 17.6. The molecule has 3 heteroatoms. The van der Waals surface area contributed by atoms with E-state index < -0.39 is 0 Å². The molecular weight excluding hydrogens is 813 g/mol. The normalized spacial score (nSPS) is 11.6. The molecule has 2 heterocycles. The summed E-state index contributed by atoms with van der Waals surface area (Å²) in [7, 11) is 0. The molecule has 0 aliphatic carbocycles. The molecule has 0 atom stereocenters. The second-order valence-corrected chi connectivity index (χ2v) is 17.2. The minimum Gasteiger partial charge on any atom is -0.454 e. The highest BCUT2D eigenvalue weighted by Gasteiger charge is 2.23. The molecule has 0 saturated heterocycles. The third-order valence-corrected chi connectivity index (χ3v) is 13.4. The Labute approximate surface area is 388 Å². The van der Waals surface area contributed by atoms with Gasteiger partial charge < -0.3 is 13.9 Å². The van der Waals surface area contributed by atoms with E-state index in [9.17, 15) is 0 Å². The van der Waals surface area contributed by atoms with Gasteiger partial charge in [-0.15, -0.1) is 0 Å². The Hall–Kier alpha value is -8.92. The van der Waals surface area contributed by atoms with Gasteiger partial charge in [-0.05, 0) is 116 Å². The zero-order valence-electron chi connectivity index (χ0n) is 36.6. The molecule has 0 aliphatic rings. The molecule has 0 bridgehead atoms. The van der Waals surface area contributed by atoms with Gasteiger partial charge in [-0.3, -0.25) is 0 Å². The van der Waals surface area contributed by atoms with Crippen LogP contribution in [0.25, 0.3) is 105 Å². The monoisotopic (exact) mass is 854 g/mol. The van der Waals surface area contributed by atoms with E-state index in [0.29, 0.717) is 0 Å². The van der Waals surface area contributed by atoms with Crippen LogP contribution >= 0.6 is 0 Å². The third kappa shape index (κ3) is 6.51. The van der Waals surface area contributed by atoms with Crippen LogP contribution in [0, 0.1) is 0 Å². The highest BCUT2D eigenvalue weighted by molar-refractivity contribution is 6.17. The maximum atomic E-state index is 6.92. The number of rotatable bonds is 8. The molecule has 13 rings (SSSR count). The summed E-state index contributed by atoms with van der Waals surface area (Å²) in [6, 6.07) is 91.7. The smallest absolute Gasteiger partial charge is 0.160 e. The van der Waals surface area contributed by atoms with Gasteiger partial charge in [0.15, 0.2) is 5.58 Å². The molecule has 0 fully saturated rings. The van der Waals surface area contributed by atoms with E-state index in [2.05, 4.69) is 264 Å². The van der Waals surface area contributed by atoms with Crippen LogP contribution in [0.2, 0.25) is 0 Å². The molecule has 3 nitrogen and oxygen atoms in total. The van der Waals surface area contributed by atoms with E-state index in [0.717, 1.165) is 72.5 Å². The Bertz CT molecular complexity index is 3900. The quantitative estimate of drug-likeness (QED) is 0.152. The molecule has 2 aromatic heterocycles. The molecule has 0 unspecified atom stereocenters. The summed E-state index contributed by atoms with van der Waals surface area (Å²) >= 11 is 0. The summed E-state index contributed by atoms with van der Waals surface area (Å²) in [6.45, 7) is 0. The molecule has 0 N–H and O–H groups in total. The Morgan fingerprint density at radius 3 is 1.45 bits per heavy atom. The van der Waals surface area contributed by atoms with E-state index in [-0.39, 0.29) is 0 Å². The van der Waals surface area contributed by atoms with E-state index in [1.807, 2.05) is 0 Å². The first kappa shape index (κ1) is 38.5. The van der Waals surface area contributed by atoms with Gasteiger partial charge in [0.2, 0.25) is 0 Å². The predicted molar refractivity (Wildman–Crippen MR) is 282 cm³/mol. The molecule has 13 aromatic rings. The van der Waals surface area contributed by atoms with Crippen LogP contribution in [0.4, 0.5) is 17.1 Å². The summed E-state index contributed by atoms with van der Waals surface area (Å²) in [6.07, 6.45) is 0. The van der Waals surface area contributed by atoms with Gasteiger partial charge in [-0.1, -0.05) is 194 Å². The van der Waals surface area contributed by atoms with Crippen LogP contribution in [0.3, 0.4) is 0 Å². The fraction of sp³-hybridized carbons (Fsp3) is 0. The fourth-order valence-electron chi connectivity index (χ4n) is 10.3. The molecule has 11 aromatic carbocycles. The molecule has 0 aliphatic heterocycles. The fourth-order valence-corrected chi connectivity index (χ4v) is 10.3. The van der Waals surface area contributed by atoms with Crippen LogP contribution in [0.5, 0.6) is 0 Å². The van der Waals surface area contributed by atoms with E-state index in [4.69, 9.17) is 4.42 Å². The summed E-state index contributed by atoms with van der Waals surface area (Å²) in [4.78, 5) is 2.35. The van der Waals surface area contributed by atoms with Crippen LogP contribution < -0.4 is 4.90 Å². The van der Waals surface area contributed by atoms with Gasteiger partial charge >= 0.3 is 0 Å². The number of benzene rings is 11. The first-order chi connectivity index (χ1) is 33.2. The number of furan rings is 1. The Morgan fingerprint density at radius 1 is 0.328 bits per heavy atom. The minimum atomic E-state index is 0.844. The van der Waals surface area contributed by atoms with Crippen LogP contribution in [-0.4, -0.2) is 4.57 Å². The van der Waals surface area contributed by atoms with Crippen molar-refractivity contribution >= 4 is 71.6 Å². The van der Waals surface area contributed by atoms with Crippen molar-refractivity contribution in [2.75, 3.05) is 4.90 Å². The highest BCUT2D eigenvalue weighted by atomic mass is 16.3. The Morgan fingerprint density at radius 2 is 0.821 bits per heavy atom. The van der Waals surface area contributed by atoms with Crippen molar-refractivity contribution in [1.82, 2.24) is 4.57 Å². The molecule has 0 saturated carbocycles. The standard InChI is InChI=1S/C64H42N2O/c1-3-16-44(17-4-1)52-27-14-20-47-21-15-28-53(62(47)52)46-34-38-50(39-35-46)65(60-41-40-54(45-18-5-2-6-19-45)63-57-26-9-12-31-61(57)67-64(60)63)49-36-32-43(33-37-49)48-22-13-23-51(42-48)66-58-29-10-7-24-55(58)56-25-8-11-30-59(56)66/h1-42H. The Kier molecular flexibility index (Phi) is 9.17. The maximum Gasteiger partial charge on any atom is 0.160 e. The highest BCUT2D eigenvalue weighted by Crippen LogP contribution is 2.47. The second kappa shape index (κ2) is 16.0. The lowest BCUT2D eigenvalue weighted by atomic mass is 9.91. The third-order valence-electron chi connectivity index (χ3n) is 13.4. The number of nitrogens with zero attached hydrogens (tertiary/aromatic N) is 2. The number of fused-ring (bicyclic) bond motifs is 7. The average Bonchev–Trinajstić information content (AvgIpc) is 3.96. The van der Waals surface area contributed by atoms with Crippen LogP contribution in [0.15, 0.2) is 259 Å². The van der Waals surface area contributed by atoms with Gasteiger partial charge in [0.1, 0.15) is 5.58 Å². The maximum absolute atomic E-state index is 6.92. The van der Waals surface area contributed by atoms with Crippen LogP contribution in [0.1, 0.15) is 0 Å². The Balaban J connectivity index is 0.959. The molecule has 0 amide bonds. The largest absolute Gasteiger partial charge is 0.454 e. The van der Waals surface area contributed by atoms with Crippen LogP contribution in [-0.2, 0) is 0 Å². The van der Waals surface area contributed by atoms with Crippen molar-refractivity contribution in [3.63, 3.8) is 0 Å². The van der Waals surface area contributed by atoms with E-state index in [1.165, 1.54) is 49.3 Å². The zero-order valence-corrected chi connectivity index (χ0v) is 36.6. The predicted octanol–water partition coefficient (Wildman–Crippen LogP) is 18.0. The van der Waals surface area contributed by atoms with Gasteiger partial charge in [-0.25, -0.2) is 0 Å². The molecule has 67 heavy (non-hydrogen) atoms. The van der Waals surface area contributed by atoms with Gasteiger partial charge in [-0.2, -0.15) is 0 Å². The van der Waals surface area contributed by atoms with Crippen molar-refractivity contribution in [1.29, 1.82) is 0 Å². The molecule has 0 radical (unpaired) electrons. The molecular formula is C64H42N2O. The van der Waals surface area contributed by atoms with Crippen molar-refractivity contribution in [2.24, 2.45) is 0 Å². The van der Waals surface area contributed by atoms with E-state index in [1.54, 1.807) is 0 Å². The number of para-hydroxylation sites is 3. The van der Waals surface area contributed by atoms with Crippen molar-refractivity contribution < 1.29 is 4.42 Å². The van der Waals surface area contributed by atoms with Gasteiger partial charge in [0.05, 0.1) is 16.7 Å². The van der Waals surface area contributed by atoms with E-state index >= 15 is 0 Å². The lowest BCUT2D eigenvalue weighted by Gasteiger charge is -2.26. The molecule has 314 valence electrons. The number of hydrogen-bond acceptors (Lipinski definition) is 2. The number of aromatic nitrogens is 1. The number of hydrogen-bond donors (Lipinski definition) is 0. The van der Waals surface area contributed by atoms with Crippen molar-refractivity contribution in [3.8, 4) is 50.2 Å².